The van der Waals surface area contributed by atoms with E-state index in [2.05, 4.69) is 4.98 Å². The summed E-state index contributed by atoms with van der Waals surface area (Å²) in [4.78, 5) is 46.5. The summed E-state index contributed by atoms with van der Waals surface area (Å²) in [6.07, 6.45) is 3.12. The van der Waals surface area contributed by atoms with Crippen molar-refractivity contribution in [1.82, 2.24) is 19.1 Å². The summed E-state index contributed by atoms with van der Waals surface area (Å²) in [6, 6.07) is 8.05. The van der Waals surface area contributed by atoms with Crippen molar-refractivity contribution in [3.05, 3.63) is 59.9 Å². The van der Waals surface area contributed by atoms with Crippen LogP contribution in [-0.4, -0.2) is 86.3 Å². The van der Waals surface area contributed by atoms with E-state index in [4.69, 9.17) is 0 Å². The van der Waals surface area contributed by atoms with Gasteiger partial charge in [0, 0.05) is 45.1 Å². The summed E-state index contributed by atoms with van der Waals surface area (Å²) >= 11 is 0. The number of nitrogens with zero attached hydrogens (tertiary/aromatic N) is 4. The molecular formula is C22H26N4O5S. The highest BCUT2D eigenvalue weighted by molar-refractivity contribution is 7.89. The van der Waals surface area contributed by atoms with Crippen molar-refractivity contribution in [3.63, 3.8) is 0 Å². The molecule has 0 N–H and O–H groups in total. The Balaban J connectivity index is 1.99. The first-order valence-electron chi connectivity index (χ1n) is 10.0. The standard InChI is InChI=1S/C22H26N4O5S/c1-24(2)12-13-26-19(16-6-5-11-23-14-16)18(21(28)22(26)29)20(27)15-7-9-17(10-8-15)32(30,31)25(3)4/h5-11,14,18-19H,12-13H2,1-4H3. The maximum atomic E-state index is 13.4. The number of likely N-dealkylation sites (tertiary alicyclic amines) is 1. The van der Waals surface area contributed by atoms with Crippen LogP contribution in [0.3, 0.4) is 0 Å². The van der Waals surface area contributed by atoms with Gasteiger partial charge in [-0.25, -0.2) is 12.7 Å². The third-order valence-corrected chi connectivity index (χ3v) is 7.25. The average molecular weight is 459 g/mol. The number of carbonyl (C=O) groups excluding carboxylic acids is 3. The number of ketones is 2. The summed E-state index contributed by atoms with van der Waals surface area (Å²) in [5, 5.41) is 0. The lowest BCUT2D eigenvalue weighted by molar-refractivity contribution is -0.140. The molecule has 1 saturated heterocycles. The largest absolute Gasteiger partial charge is 0.326 e. The zero-order valence-corrected chi connectivity index (χ0v) is 19.2. The predicted molar refractivity (Wildman–Crippen MR) is 117 cm³/mol. The van der Waals surface area contributed by atoms with E-state index in [1.165, 1.54) is 43.3 Å². The van der Waals surface area contributed by atoms with Crippen molar-refractivity contribution in [2.45, 2.75) is 10.9 Å². The molecule has 0 radical (unpaired) electrons. The molecule has 2 atom stereocenters. The molecule has 0 bridgehead atoms. The zero-order chi connectivity index (χ0) is 23.6. The van der Waals surface area contributed by atoms with Gasteiger partial charge in [-0.3, -0.25) is 19.4 Å². The van der Waals surface area contributed by atoms with Gasteiger partial charge < -0.3 is 9.80 Å². The molecule has 0 spiro atoms. The lowest BCUT2D eigenvalue weighted by Crippen LogP contribution is -2.36. The molecule has 3 rings (SSSR count). The number of rotatable bonds is 8. The molecule has 2 heterocycles. The monoisotopic (exact) mass is 458 g/mol. The van der Waals surface area contributed by atoms with Gasteiger partial charge in [-0.1, -0.05) is 18.2 Å². The third kappa shape index (κ3) is 4.47. The summed E-state index contributed by atoms with van der Waals surface area (Å²) < 4.78 is 25.7. The Bertz CT molecular complexity index is 1110. The summed E-state index contributed by atoms with van der Waals surface area (Å²) in [6.45, 7) is 0.800. The molecule has 1 amide bonds. The summed E-state index contributed by atoms with van der Waals surface area (Å²) in [7, 11) is 2.88. The molecule has 0 aliphatic carbocycles. The molecule has 1 aromatic carbocycles. The average Bonchev–Trinajstić information content (AvgIpc) is 3.02. The van der Waals surface area contributed by atoms with Crippen LogP contribution in [0.4, 0.5) is 0 Å². The zero-order valence-electron chi connectivity index (χ0n) is 18.4. The molecule has 10 heteroatoms. The number of Topliss-reactive ketones (excluding diaryl/α,β-unsaturated/α-hetero) is 2. The van der Waals surface area contributed by atoms with Crippen LogP contribution < -0.4 is 0 Å². The lowest BCUT2D eigenvalue weighted by Gasteiger charge is -2.28. The van der Waals surface area contributed by atoms with Crippen molar-refractivity contribution in [2.75, 3.05) is 41.3 Å². The van der Waals surface area contributed by atoms with Crippen LogP contribution in [0.2, 0.25) is 0 Å². The molecule has 0 saturated carbocycles. The number of likely N-dealkylation sites (N-methyl/N-ethyl adjacent to an activating group) is 1. The first kappa shape index (κ1) is 23.7. The Morgan fingerprint density at radius 2 is 1.72 bits per heavy atom. The summed E-state index contributed by atoms with van der Waals surface area (Å²) in [5.41, 5.74) is 0.757. The Kier molecular flexibility index (Phi) is 6.87. The minimum Gasteiger partial charge on any atom is -0.326 e. The number of aromatic nitrogens is 1. The number of benzene rings is 1. The maximum absolute atomic E-state index is 13.4. The van der Waals surface area contributed by atoms with Gasteiger partial charge in [0.2, 0.25) is 15.8 Å². The van der Waals surface area contributed by atoms with Crippen LogP contribution in [0, 0.1) is 5.92 Å². The van der Waals surface area contributed by atoms with Gasteiger partial charge in [-0.05, 0) is 37.9 Å². The van der Waals surface area contributed by atoms with Gasteiger partial charge in [0.1, 0.15) is 5.92 Å². The fourth-order valence-corrected chi connectivity index (χ4v) is 4.54. The highest BCUT2D eigenvalue weighted by atomic mass is 32.2. The smallest absolute Gasteiger partial charge is 0.291 e. The van der Waals surface area contributed by atoms with Gasteiger partial charge >= 0.3 is 0 Å². The molecule has 32 heavy (non-hydrogen) atoms. The quantitative estimate of drug-likeness (QED) is 0.328. The molecule has 1 fully saturated rings. The molecule has 2 aromatic rings. The van der Waals surface area contributed by atoms with E-state index in [0.717, 1.165) is 4.31 Å². The Morgan fingerprint density at radius 1 is 1.06 bits per heavy atom. The predicted octanol–water partition coefficient (Wildman–Crippen LogP) is 0.845. The first-order chi connectivity index (χ1) is 15.1. The minimum absolute atomic E-state index is 0.0318. The first-order valence-corrected chi connectivity index (χ1v) is 11.5. The minimum atomic E-state index is -3.66. The summed E-state index contributed by atoms with van der Waals surface area (Å²) in [5.74, 6) is -3.23. The number of hydrogen-bond acceptors (Lipinski definition) is 7. The lowest BCUT2D eigenvalue weighted by atomic mass is 9.87. The van der Waals surface area contributed by atoms with Crippen molar-refractivity contribution in [3.8, 4) is 0 Å². The number of hydrogen-bond donors (Lipinski definition) is 0. The number of amides is 1. The molecule has 170 valence electrons. The van der Waals surface area contributed by atoms with Gasteiger partial charge in [0.05, 0.1) is 10.9 Å². The van der Waals surface area contributed by atoms with E-state index in [0.29, 0.717) is 12.1 Å². The Hall–Kier alpha value is -2.95. The van der Waals surface area contributed by atoms with Gasteiger partial charge in [-0.2, -0.15) is 0 Å². The molecule has 1 aliphatic heterocycles. The number of pyridine rings is 1. The highest BCUT2D eigenvalue weighted by Crippen LogP contribution is 2.37. The van der Waals surface area contributed by atoms with Crippen LogP contribution in [0.25, 0.3) is 0 Å². The molecule has 1 aliphatic rings. The van der Waals surface area contributed by atoms with Gasteiger partial charge in [0.15, 0.2) is 5.78 Å². The number of sulfonamides is 1. The number of carbonyl (C=O) groups is 3. The van der Waals surface area contributed by atoms with Crippen LogP contribution in [0.1, 0.15) is 22.0 Å². The van der Waals surface area contributed by atoms with Crippen LogP contribution >= 0.6 is 0 Å². The molecule has 9 nitrogen and oxygen atoms in total. The van der Waals surface area contributed by atoms with Crippen LogP contribution in [0.15, 0.2) is 53.7 Å². The normalized spacial score (nSPS) is 19.2. The van der Waals surface area contributed by atoms with E-state index in [-0.39, 0.29) is 17.0 Å². The van der Waals surface area contributed by atoms with Crippen molar-refractivity contribution in [2.24, 2.45) is 5.92 Å². The molecular weight excluding hydrogens is 432 g/mol. The Morgan fingerprint density at radius 3 is 2.25 bits per heavy atom. The van der Waals surface area contributed by atoms with Crippen molar-refractivity contribution in [1.29, 1.82) is 0 Å². The van der Waals surface area contributed by atoms with E-state index < -0.39 is 39.5 Å². The van der Waals surface area contributed by atoms with E-state index >= 15 is 0 Å². The second-order valence-electron chi connectivity index (χ2n) is 8.05. The molecule has 1 aromatic heterocycles. The SMILES string of the molecule is CN(C)CCN1C(=O)C(=O)C(C(=O)c2ccc(S(=O)(=O)N(C)C)cc2)C1c1cccnc1. The maximum Gasteiger partial charge on any atom is 0.291 e. The Labute approximate surface area is 187 Å². The van der Waals surface area contributed by atoms with Gasteiger partial charge in [0.25, 0.3) is 5.91 Å². The van der Waals surface area contributed by atoms with E-state index in [1.807, 2.05) is 19.0 Å². The highest BCUT2D eigenvalue weighted by Gasteiger charge is 2.51. The van der Waals surface area contributed by atoms with Crippen molar-refractivity contribution < 1.29 is 22.8 Å². The van der Waals surface area contributed by atoms with Crippen LogP contribution in [0.5, 0.6) is 0 Å². The van der Waals surface area contributed by atoms with Crippen LogP contribution in [-0.2, 0) is 19.6 Å². The van der Waals surface area contributed by atoms with Gasteiger partial charge in [-0.15, -0.1) is 0 Å². The fraction of sp³-hybridized carbons (Fsp3) is 0.364. The van der Waals surface area contributed by atoms with E-state index in [9.17, 15) is 22.8 Å². The molecule has 2 unspecified atom stereocenters. The second kappa shape index (κ2) is 9.27. The van der Waals surface area contributed by atoms with Crippen molar-refractivity contribution >= 4 is 27.5 Å². The van der Waals surface area contributed by atoms with E-state index in [1.54, 1.807) is 24.5 Å². The fourth-order valence-electron chi connectivity index (χ4n) is 3.64. The second-order valence-corrected chi connectivity index (χ2v) is 10.2. The topological polar surface area (TPSA) is 108 Å². The third-order valence-electron chi connectivity index (χ3n) is 5.42.